The maximum Gasteiger partial charge on any atom is 0.257 e. The quantitative estimate of drug-likeness (QED) is 0.380. The van der Waals surface area contributed by atoms with E-state index in [1.54, 1.807) is 0 Å². The molecule has 0 atom stereocenters. The SMILES string of the molecule is CCn1nc(C)c(CN=C(NC(=O)c2cc(C)cc(C)c2)Nc2ccc(C(C)C)cc2)c1C. The Hall–Kier alpha value is -3.41. The lowest BCUT2D eigenvalue weighted by Crippen LogP contribution is -2.36. The molecule has 1 amide bonds. The molecule has 0 aliphatic rings. The summed E-state index contributed by atoms with van der Waals surface area (Å²) in [6, 6.07) is 14.0. The number of aryl methyl sites for hydroxylation is 4. The number of carbonyl (C=O) groups is 1. The Morgan fingerprint density at radius 3 is 2.21 bits per heavy atom. The van der Waals surface area contributed by atoms with Crippen molar-refractivity contribution in [3.05, 3.63) is 81.7 Å². The largest absolute Gasteiger partial charge is 0.326 e. The van der Waals surface area contributed by atoms with Gasteiger partial charge in [0.1, 0.15) is 0 Å². The Bertz CT molecular complexity index is 1140. The highest BCUT2D eigenvalue weighted by atomic mass is 16.1. The van der Waals surface area contributed by atoms with Gasteiger partial charge in [-0.25, -0.2) is 4.99 Å². The van der Waals surface area contributed by atoms with Gasteiger partial charge in [-0.3, -0.25) is 14.8 Å². The van der Waals surface area contributed by atoms with Gasteiger partial charge >= 0.3 is 0 Å². The second-order valence-electron chi connectivity index (χ2n) is 8.86. The third-order valence-electron chi connectivity index (χ3n) is 5.78. The highest BCUT2D eigenvalue weighted by Gasteiger charge is 2.13. The molecule has 0 bridgehead atoms. The van der Waals surface area contributed by atoms with Crippen LogP contribution in [0.2, 0.25) is 0 Å². The van der Waals surface area contributed by atoms with E-state index in [0.29, 0.717) is 24.0 Å². The second kappa shape index (κ2) is 10.5. The summed E-state index contributed by atoms with van der Waals surface area (Å²) in [7, 11) is 0. The van der Waals surface area contributed by atoms with Gasteiger partial charge in [-0.2, -0.15) is 5.10 Å². The maximum atomic E-state index is 13.0. The number of carbonyl (C=O) groups excluding carboxylic acids is 1. The fourth-order valence-corrected chi connectivity index (χ4v) is 3.91. The monoisotopic (exact) mass is 445 g/mol. The van der Waals surface area contributed by atoms with E-state index >= 15 is 0 Å². The Morgan fingerprint density at radius 1 is 1.03 bits per heavy atom. The van der Waals surface area contributed by atoms with Crippen molar-refractivity contribution in [2.75, 3.05) is 5.32 Å². The standard InChI is InChI=1S/C27H35N5O/c1-8-32-21(7)25(20(6)31-32)16-28-27(29-24-11-9-22(10-12-24)17(2)3)30-26(33)23-14-18(4)13-19(5)15-23/h9-15,17H,8,16H2,1-7H3,(H2,28,29,30,33). The molecule has 0 radical (unpaired) electrons. The lowest BCUT2D eigenvalue weighted by atomic mass is 10.0. The summed E-state index contributed by atoms with van der Waals surface area (Å²) in [5.41, 5.74) is 7.98. The van der Waals surface area contributed by atoms with Crippen LogP contribution < -0.4 is 10.6 Å². The van der Waals surface area contributed by atoms with E-state index < -0.39 is 0 Å². The lowest BCUT2D eigenvalue weighted by molar-refractivity contribution is 0.0976. The number of guanidine groups is 1. The molecule has 33 heavy (non-hydrogen) atoms. The number of hydrogen-bond donors (Lipinski definition) is 2. The van der Waals surface area contributed by atoms with Crippen LogP contribution in [0, 0.1) is 27.7 Å². The Labute approximate surface area is 197 Å². The van der Waals surface area contributed by atoms with Crippen molar-refractivity contribution in [2.24, 2.45) is 4.99 Å². The average molecular weight is 446 g/mol. The molecule has 1 heterocycles. The van der Waals surface area contributed by atoms with Crippen LogP contribution in [-0.4, -0.2) is 21.6 Å². The molecule has 0 saturated heterocycles. The van der Waals surface area contributed by atoms with E-state index in [4.69, 9.17) is 4.99 Å². The fourth-order valence-electron chi connectivity index (χ4n) is 3.91. The highest BCUT2D eigenvalue weighted by molar-refractivity contribution is 6.10. The van der Waals surface area contributed by atoms with Gasteiger partial charge < -0.3 is 5.32 Å². The molecular formula is C27H35N5O. The molecule has 174 valence electrons. The first kappa shape index (κ1) is 24.2. The molecule has 3 aromatic rings. The summed E-state index contributed by atoms with van der Waals surface area (Å²) in [5, 5.41) is 10.9. The Morgan fingerprint density at radius 2 is 1.67 bits per heavy atom. The van der Waals surface area contributed by atoms with Crippen molar-refractivity contribution in [2.45, 2.75) is 67.5 Å². The predicted molar refractivity (Wildman–Crippen MR) is 136 cm³/mol. The zero-order valence-electron chi connectivity index (χ0n) is 20.8. The number of aliphatic imine (C=N–C) groups is 1. The van der Waals surface area contributed by atoms with E-state index in [9.17, 15) is 4.79 Å². The number of benzene rings is 2. The first-order valence-electron chi connectivity index (χ1n) is 11.5. The Kier molecular flexibility index (Phi) is 7.69. The van der Waals surface area contributed by atoms with E-state index in [2.05, 4.69) is 61.6 Å². The topological polar surface area (TPSA) is 71.3 Å². The van der Waals surface area contributed by atoms with Gasteiger partial charge in [-0.05, 0) is 70.4 Å². The molecule has 3 rings (SSSR count). The molecule has 6 heteroatoms. The van der Waals surface area contributed by atoms with Gasteiger partial charge in [-0.1, -0.05) is 43.2 Å². The molecule has 0 aliphatic heterocycles. The van der Waals surface area contributed by atoms with Crippen LogP contribution in [0.3, 0.4) is 0 Å². The number of hydrogen-bond acceptors (Lipinski definition) is 3. The van der Waals surface area contributed by atoms with Crippen LogP contribution in [0.4, 0.5) is 5.69 Å². The molecule has 2 aromatic carbocycles. The molecule has 2 N–H and O–H groups in total. The first-order valence-corrected chi connectivity index (χ1v) is 11.5. The molecule has 0 aliphatic carbocycles. The minimum absolute atomic E-state index is 0.190. The number of amides is 1. The zero-order valence-corrected chi connectivity index (χ0v) is 20.8. The zero-order chi connectivity index (χ0) is 24.1. The average Bonchev–Trinajstić information content (AvgIpc) is 3.04. The smallest absolute Gasteiger partial charge is 0.257 e. The molecule has 1 aromatic heterocycles. The van der Waals surface area contributed by atoms with Gasteiger partial charge in [0, 0.05) is 29.1 Å². The van der Waals surface area contributed by atoms with Gasteiger partial charge in [-0.15, -0.1) is 0 Å². The lowest BCUT2D eigenvalue weighted by Gasteiger charge is -2.14. The maximum absolute atomic E-state index is 13.0. The summed E-state index contributed by atoms with van der Waals surface area (Å²) in [6.07, 6.45) is 0. The van der Waals surface area contributed by atoms with Crippen molar-refractivity contribution >= 4 is 17.6 Å². The molecule has 0 fully saturated rings. The number of rotatable bonds is 6. The Balaban J connectivity index is 1.88. The minimum Gasteiger partial charge on any atom is -0.326 e. The molecular weight excluding hydrogens is 410 g/mol. The van der Waals surface area contributed by atoms with Crippen LogP contribution in [0.5, 0.6) is 0 Å². The summed E-state index contributed by atoms with van der Waals surface area (Å²) in [4.78, 5) is 17.8. The van der Waals surface area contributed by atoms with Crippen LogP contribution in [-0.2, 0) is 13.1 Å². The number of nitrogens with zero attached hydrogens (tertiary/aromatic N) is 3. The number of nitrogens with one attached hydrogen (secondary N) is 2. The van der Waals surface area contributed by atoms with Gasteiger partial charge in [0.2, 0.25) is 5.96 Å². The molecule has 0 unspecified atom stereocenters. The molecule has 0 saturated carbocycles. The van der Waals surface area contributed by atoms with Crippen molar-refractivity contribution in [1.82, 2.24) is 15.1 Å². The second-order valence-corrected chi connectivity index (χ2v) is 8.86. The van der Waals surface area contributed by atoms with Crippen LogP contribution >= 0.6 is 0 Å². The fraction of sp³-hybridized carbons (Fsp3) is 0.370. The predicted octanol–water partition coefficient (Wildman–Crippen LogP) is 5.66. The summed E-state index contributed by atoms with van der Waals surface area (Å²) < 4.78 is 1.98. The van der Waals surface area contributed by atoms with Crippen molar-refractivity contribution < 1.29 is 4.79 Å². The first-order chi connectivity index (χ1) is 15.7. The summed E-state index contributed by atoms with van der Waals surface area (Å²) in [5.74, 6) is 0.682. The number of anilines is 1. The van der Waals surface area contributed by atoms with E-state index in [-0.39, 0.29) is 5.91 Å². The highest BCUT2D eigenvalue weighted by Crippen LogP contribution is 2.18. The van der Waals surface area contributed by atoms with Gasteiger partial charge in [0.25, 0.3) is 5.91 Å². The summed E-state index contributed by atoms with van der Waals surface area (Å²) in [6.45, 7) is 15.7. The van der Waals surface area contributed by atoms with Crippen molar-refractivity contribution in [1.29, 1.82) is 0 Å². The van der Waals surface area contributed by atoms with Crippen molar-refractivity contribution in [3.8, 4) is 0 Å². The van der Waals surface area contributed by atoms with Gasteiger partial charge in [0.05, 0.1) is 12.2 Å². The van der Waals surface area contributed by atoms with Gasteiger partial charge in [0.15, 0.2) is 0 Å². The van der Waals surface area contributed by atoms with E-state index in [0.717, 1.165) is 40.3 Å². The van der Waals surface area contributed by atoms with Crippen LogP contribution in [0.25, 0.3) is 0 Å². The molecule has 0 spiro atoms. The minimum atomic E-state index is -0.190. The van der Waals surface area contributed by atoms with Crippen molar-refractivity contribution in [3.63, 3.8) is 0 Å². The van der Waals surface area contributed by atoms with Crippen LogP contribution in [0.1, 0.15) is 70.7 Å². The normalized spacial score (nSPS) is 11.7. The van der Waals surface area contributed by atoms with E-state index in [1.807, 2.05) is 49.7 Å². The molecule has 6 nitrogen and oxygen atoms in total. The summed E-state index contributed by atoms with van der Waals surface area (Å²) >= 11 is 0. The van der Waals surface area contributed by atoms with Crippen LogP contribution in [0.15, 0.2) is 47.5 Å². The third kappa shape index (κ3) is 6.09. The van der Waals surface area contributed by atoms with E-state index in [1.165, 1.54) is 5.56 Å². The number of aromatic nitrogens is 2. The third-order valence-corrected chi connectivity index (χ3v) is 5.78.